The highest BCUT2D eigenvalue weighted by molar-refractivity contribution is 7.84. The van der Waals surface area contributed by atoms with E-state index in [9.17, 15) is 45.4 Å². The van der Waals surface area contributed by atoms with Crippen LogP contribution in [0.15, 0.2) is 36.4 Å². The molecule has 2 aliphatic rings. The van der Waals surface area contributed by atoms with E-state index in [1.807, 2.05) is 11.8 Å². The van der Waals surface area contributed by atoms with Crippen LogP contribution in [0.5, 0.6) is 0 Å². The first-order valence-corrected chi connectivity index (χ1v) is 16.8. The second-order valence-electron chi connectivity index (χ2n) is 11.7. The number of rotatable bonds is 4. The van der Waals surface area contributed by atoms with Gasteiger partial charge in [0.15, 0.2) is 0 Å². The topological polar surface area (TPSA) is 135 Å². The predicted molar refractivity (Wildman–Crippen MR) is 165 cm³/mol. The van der Waals surface area contributed by atoms with Crippen molar-refractivity contribution in [3.8, 4) is 0 Å². The minimum Gasteiger partial charge on any atom is -0.748 e. The SMILES string of the molecule is CC(=O)N1CCN([C@H]2CCN(C(=O)O)[C@@H](c3ccc(F)cc3C)C2)CC1.CS(=O)(=O)[O-].C[N-][C@H](C)c1cc(C(F)(F)F)cc(C(F)(F)F)c1. The van der Waals surface area contributed by atoms with E-state index >= 15 is 0 Å². The number of piperazine rings is 1. The molecule has 49 heavy (non-hydrogen) atoms. The molecule has 2 fully saturated rings. The van der Waals surface area contributed by atoms with Crippen molar-refractivity contribution in [2.45, 2.75) is 64.1 Å². The second kappa shape index (κ2) is 17.0. The zero-order chi connectivity index (χ0) is 37.5. The van der Waals surface area contributed by atoms with Gasteiger partial charge in [-0.15, -0.1) is 6.04 Å². The summed E-state index contributed by atoms with van der Waals surface area (Å²) in [6.07, 6.45) is -8.49. The molecule has 0 aliphatic carbocycles. The summed E-state index contributed by atoms with van der Waals surface area (Å²) >= 11 is 0. The van der Waals surface area contributed by atoms with Crippen LogP contribution in [0.4, 0.5) is 35.5 Å². The fraction of sp³-hybridized carbons (Fsp3) is 0.548. The first kappa shape index (κ1) is 41.7. The summed E-state index contributed by atoms with van der Waals surface area (Å²) in [6.45, 7) is 8.37. The average Bonchev–Trinajstić information content (AvgIpc) is 2.99. The van der Waals surface area contributed by atoms with Crippen LogP contribution in [-0.2, 0) is 27.3 Å². The Balaban J connectivity index is 0.000000315. The Bertz CT molecular complexity index is 1510. The molecular formula is C31H39F7N4O6S-2. The molecule has 3 atom stereocenters. The van der Waals surface area contributed by atoms with Gasteiger partial charge in [-0.05, 0) is 61.2 Å². The highest BCUT2D eigenvalue weighted by Gasteiger charge is 2.38. The zero-order valence-corrected chi connectivity index (χ0v) is 28.3. The first-order chi connectivity index (χ1) is 22.4. The van der Waals surface area contributed by atoms with Crippen molar-refractivity contribution < 1.29 is 58.4 Å². The summed E-state index contributed by atoms with van der Waals surface area (Å²) in [5.74, 6) is -0.203. The van der Waals surface area contributed by atoms with Crippen LogP contribution >= 0.6 is 0 Å². The Morgan fingerprint density at radius 2 is 1.47 bits per heavy atom. The van der Waals surface area contributed by atoms with E-state index in [-0.39, 0.29) is 35.4 Å². The molecule has 2 amide bonds. The molecule has 18 heteroatoms. The number of halogens is 7. The summed E-state index contributed by atoms with van der Waals surface area (Å²) in [6, 6.07) is 5.33. The minimum absolute atomic E-state index is 0.102. The monoisotopic (exact) mass is 728 g/mol. The fourth-order valence-electron chi connectivity index (χ4n) is 5.59. The van der Waals surface area contributed by atoms with E-state index in [0.29, 0.717) is 44.4 Å². The largest absolute Gasteiger partial charge is 0.748 e. The second-order valence-corrected chi connectivity index (χ2v) is 13.1. The molecule has 2 aromatic rings. The third-order valence-electron chi connectivity index (χ3n) is 8.17. The van der Waals surface area contributed by atoms with Gasteiger partial charge in [-0.2, -0.15) is 33.4 Å². The molecule has 2 aromatic carbocycles. The number of benzene rings is 2. The summed E-state index contributed by atoms with van der Waals surface area (Å²) in [5, 5.41) is 13.3. The van der Waals surface area contributed by atoms with Crippen molar-refractivity contribution >= 4 is 22.1 Å². The number of alkyl halides is 6. The summed E-state index contributed by atoms with van der Waals surface area (Å²) in [5.41, 5.74) is -1.09. The smallest absolute Gasteiger partial charge is 0.416 e. The number of carbonyl (C=O) groups is 2. The Labute approximate surface area is 280 Å². The van der Waals surface area contributed by atoms with Crippen LogP contribution in [-0.4, -0.2) is 96.8 Å². The summed E-state index contributed by atoms with van der Waals surface area (Å²) in [7, 11) is -2.59. The van der Waals surface area contributed by atoms with Crippen LogP contribution in [0.25, 0.3) is 5.32 Å². The maximum atomic E-state index is 13.5. The van der Waals surface area contributed by atoms with Gasteiger partial charge in [0, 0.05) is 51.9 Å². The molecule has 2 heterocycles. The summed E-state index contributed by atoms with van der Waals surface area (Å²) < 4.78 is 116. The van der Waals surface area contributed by atoms with Gasteiger partial charge >= 0.3 is 18.4 Å². The number of hydrogen-bond donors (Lipinski definition) is 1. The molecular weight excluding hydrogens is 689 g/mol. The van der Waals surface area contributed by atoms with E-state index in [2.05, 4.69) is 10.2 Å². The number of carboxylic acid groups (broad SMARTS) is 1. The van der Waals surface area contributed by atoms with Gasteiger partial charge in [-0.25, -0.2) is 17.6 Å². The van der Waals surface area contributed by atoms with E-state index in [1.54, 1.807) is 13.0 Å². The van der Waals surface area contributed by atoms with Gasteiger partial charge in [0.25, 0.3) is 0 Å². The molecule has 0 bridgehead atoms. The predicted octanol–water partition coefficient (Wildman–Crippen LogP) is 6.43. The van der Waals surface area contributed by atoms with Gasteiger partial charge in [-0.3, -0.25) is 9.69 Å². The molecule has 10 nitrogen and oxygen atoms in total. The number of likely N-dealkylation sites (tertiary alicyclic amines) is 1. The van der Waals surface area contributed by atoms with Crippen LogP contribution in [0.2, 0.25) is 0 Å². The molecule has 0 radical (unpaired) electrons. The number of amides is 2. The first-order valence-electron chi connectivity index (χ1n) is 15.0. The molecule has 0 unspecified atom stereocenters. The van der Waals surface area contributed by atoms with Crippen molar-refractivity contribution in [3.63, 3.8) is 0 Å². The molecule has 0 aromatic heterocycles. The van der Waals surface area contributed by atoms with Crippen molar-refractivity contribution in [2.24, 2.45) is 0 Å². The molecule has 0 saturated carbocycles. The number of aryl methyl sites for hydroxylation is 1. The van der Waals surface area contributed by atoms with Gasteiger partial charge in [0.1, 0.15) is 5.82 Å². The fourth-order valence-corrected chi connectivity index (χ4v) is 5.59. The Kier molecular flexibility index (Phi) is 14.4. The number of piperidine rings is 1. The van der Waals surface area contributed by atoms with Gasteiger partial charge in [0.2, 0.25) is 5.91 Å². The molecule has 4 rings (SSSR count). The third kappa shape index (κ3) is 13.1. The number of carbonyl (C=O) groups excluding carboxylic acids is 1. The molecule has 0 spiro atoms. The number of hydrogen-bond acceptors (Lipinski definition) is 6. The van der Waals surface area contributed by atoms with Crippen molar-refractivity contribution in [3.05, 3.63) is 75.3 Å². The van der Waals surface area contributed by atoms with Crippen molar-refractivity contribution in [2.75, 3.05) is 46.0 Å². The summed E-state index contributed by atoms with van der Waals surface area (Å²) in [4.78, 5) is 28.9. The molecule has 2 aliphatic heterocycles. The Morgan fingerprint density at radius 3 is 1.88 bits per heavy atom. The van der Waals surface area contributed by atoms with Crippen LogP contribution < -0.4 is 0 Å². The lowest BCUT2D eigenvalue weighted by molar-refractivity contribution is -0.143. The quantitative estimate of drug-likeness (QED) is 0.283. The van der Waals surface area contributed by atoms with E-state index < -0.39 is 45.7 Å². The van der Waals surface area contributed by atoms with E-state index in [1.165, 1.54) is 31.0 Å². The normalized spacial score (nSPS) is 19.6. The van der Waals surface area contributed by atoms with Gasteiger partial charge in [-0.1, -0.05) is 18.6 Å². The number of nitrogens with zero attached hydrogens (tertiary/aromatic N) is 4. The standard InChI is InChI=1S/C19H26FN3O3.C11H10F6N.CH4O3S/c1-13-11-15(20)3-4-17(13)18-12-16(5-6-23(18)19(25)26)22-9-7-21(8-10-22)14(2)24;1-6(18-2)7-3-8(10(12,13)14)5-9(4-7)11(15,16)17;1-5(2,3)4/h3-4,11,16,18H,5-10,12H2,1-2H3,(H,25,26);3-6H,1-2H3;1H3,(H,2,3,4)/q;-1;/p-1/t16-,18+;6-;/m01./s1. The maximum Gasteiger partial charge on any atom is 0.416 e. The van der Waals surface area contributed by atoms with Crippen molar-refractivity contribution in [1.29, 1.82) is 0 Å². The molecule has 1 N–H and O–H groups in total. The zero-order valence-electron chi connectivity index (χ0n) is 27.5. The molecule has 2 saturated heterocycles. The van der Waals surface area contributed by atoms with Crippen molar-refractivity contribution in [1.82, 2.24) is 14.7 Å². The maximum absolute atomic E-state index is 13.5. The Hall–Kier alpha value is -3.48. The third-order valence-corrected chi connectivity index (χ3v) is 8.17. The lowest BCUT2D eigenvalue weighted by atomic mass is 9.88. The van der Waals surface area contributed by atoms with E-state index in [4.69, 9.17) is 13.0 Å². The van der Waals surface area contributed by atoms with E-state index in [0.717, 1.165) is 30.6 Å². The van der Waals surface area contributed by atoms with Gasteiger partial charge in [0.05, 0.1) is 27.3 Å². The lowest BCUT2D eigenvalue weighted by Crippen LogP contribution is -2.55. The minimum atomic E-state index is -4.82. The average molecular weight is 729 g/mol. The lowest BCUT2D eigenvalue weighted by Gasteiger charge is -2.45. The van der Waals surface area contributed by atoms with Crippen LogP contribution in [0, 0.1) is 12.7 Å². The molecule has 276 valence electrons. The van der Waals surface area contributed by atoms with Crippen LogP contribution in [0.3, 0.4) is 0 Å². The van der Waals surface area contributed by atoms with Crippen LogP contribution in [0.1, 0.15) is 66.6 Å². The Morgan fingerprint density at radius 1 is 0.959 bits per heavy atom. The highest BCUT2D eigenvalue weighted by Crippen LogP contribution is 2.38. The highest BCUT2D eigenvalue weighted by atomic mass is 32.2. The van der Waals surface area contributed by atoms with Gasteiger partial charge < -0.3 is 24.8 Å².